The number of nitrogens with zero attached hydrogens (tertiary/aromatic N) is 2. The number of ether oxygens (including phenoxy) is 1. The van der Waals surface area contributed by atoms with Crippen molar-refractivity contribution in [1.29, 1.82) is 0 Å². The lowest BCUT2D eigenvalue weighted by Crippen LogP contribution is -2.24. The molecule has 0 atom stereocenters. The fourth-order valence-corrected chi connectivity index (χ4v) is 1.95. The highest BCUT2D eigenvalue weighted by molar-refractivity contribution is 5.94. The predicted octanol–water partition coefficient (Wildman–Crippen LogP) is 1.86. The van der Waals surface area contributed by atoms with Crippen molar-refractivity contribution in [1.82, 2.24) is 10.3 Å². The fraction of sp³-hybridized carbons (Fsp3) is 0.235. The van der Waals surface area contributed by atoms with Gasteiger partial charge in [0.2, 0.25) is 0 Å². The van der Waals surface area contributed by atoms with Crippen LogP contribution in [0.2, 0.25) is 0 Å². The van der Waals surface area contributed by atoms with Crippen molar-refractivity contribution in [2.75, 3.05) is 26.1 Å². The lowest BCUT2D eigenvalue weighted by atomic mass is 10.2. The summed E-state index contributed by atoms with van der Waals surface area (Å²) in [4.78, 5) is 29.3. The van der Waals surface area contributed by atoms with E-state index in [-0.39, 0.29) is 11.6 Å². The van der Waals surface area contributed by atoms with Gasteiger partial charge < -0.3 is 15.0 Å². The molecule has 0 fully saturated rings. The van der Waals surface area contributed by atoms with Crippen LogP contribution in [0.15, 0.2) is 42.6 Å². The van der Waals surface area contributed by atoms with Crippen LogP contribution in [0.5, 0.6) is 0 Å². The normalized spacial score (nSPS) is 10.0. The van der Waals surface area contributed by atoms with E-state index in [4.69, 9.17) is 0 Å². The Morgan fingerprint density at radius 3 is 2.35 bits per heavy atom. The van der Waals surface area contributed by atoms with E-state index in [9.17, 15) is 9.59 Å². The van der Waals surface area contributed by atoms with Crippen LogP contribution in [-0.2, 0) is 11.3 Å². The maximum Gasteiger partial charge on any atom is 0.339 e. The van der Waals surface area contributed by atoms with Gasteiger partial charge in [-0.25, -0.2) is 4.79 Å². The summed E-state index contributed by atoms with van der Waals surface area (Å²) in [6.07, 6.45) is 1.33. The first-order chi connectivity index (χ1) is 11.0. The first-order valence-corrected chi connectivity index (χ1v) is 7.10. The van der Waals surface area contributed by atoms with Crippen molar-refractivity contribution in [3.63, 3.8) is 0 Å². The van der Waals surface area contributed by atoms with Crippen molar-refractivity contribution >= 4 is 17.6 Å². The number of carbonyl (C=O) groups is 2. The van der Waals surface area contributed by atoms with Crippen molar-refractivity contribution in [3.8, 4) is 0 Å². The molecule has 0 unspecified atom stereocenters. The highest BCUT2D eigenvalue weighted by atomic mass is 16.5. The summed E-state index contributed by atoms with van der Waals surface area (Å²) >= 11 is 0. The summed E-state index contributed by atoms with van der Waals surface area (Å²) < 4.78 is 4.59. The number of methoxy groups -OCH3 is 1. The standard InChI is InChI=1S/C17H19N3O3/c1-20(2)14-7-4-12(5-8-14)10-19-16(21)15-9-6-13(11-18-15)17(22)23-3/h4-9,11H,10H2,1-3H3,(H,19,21). The number of amides is 1. The lowest BCUT2D eigenvalue weighted by Gasteiger charge is -2.12. The Kier molecular flexibility index (Phi) is 5.30. The maximum absolute atomic E-state index is 12.0. The minimum atomic E-state index is -0.481. The molecule has 0 saturated heterocycles. The molecule has 0 aliphatic carbocycles. The van der Waals surface area contributed by atoms with Crippen LogP contribution < -0.4 is 10.2 Å². The number of aromatic nitrogens is 1. The SMILES string of the molecule is COC(=O)c1ccc(C(=O)NCc2ccc(N(C)C)cc2)nc1. The van der Waals surface area contributed by atoms with Crippen LogP contribution in [0, 0.1) is 0 Å². The summed E-state index contributed by atoms with van der Waals surface area (Å²) in [5.74, 6) is -0.774. The molecule has 0 aliphatic heterocycles. The second-order valence-corrected chi connectivity index (χ2v) is 5.17. The third kappa shape index (κ3) is 4.29. The van der Waals surface area contributed by atoms with Crippen molar-refractivity contribution in [2.24, 2.45) is 0 Å². The molecule has 6 nitrogen and oxygen atoms in total. The van der Waals surface area contributed by atoms with Crippen LogP contribution in [0.25, 0.3) is 0 Å². The van der Waals surface area contributed by atoms with Crippen LogP contribution in [0.3, 0.4) is 0 Å². The summed E-state index contributed by atoms with van der Waals surface area (Å²) in [5.41, 5.74) is 2.65. The summed E-state index contributed by atoms with van der Waals surface area (Å²) in [7, 11) is 5.24. The van der Waals surface area contributed by atoms with E-state index in [1.165, 1.54) is 25.4 Å². The van der Waals surface area contributed by atoms with Gasteiger partial charge in [-0.15, -0.1) is 0 Å². The van der Waals surface area contributed by atoms with Crippen LogP contribution in [0.4, 0.5) is 5.69 Å². The van der Waals surface area contributed by atoms with Crippen molar-refractivity contribution < 1.29 is 14.3 Å². The minimum Gasteiger partial charge on any atom is -0.465 e. The highest BCUT2D eigenvalue weighted by Gasteiger charge is 2.10. The average molecular weight is 313 g/mol. The average Bonchev–Trinajstić information content (AvgIpc) is 2.59. The first-order valence-electron chi connectivity index (χ1n) is 7.10. The predicted molar refractivity (Wildman–Crippen MR) is 87.5 cm³/mol. The zero-order chi connectivity index (χ0) is 16.8. The van der Waals surface area contributed by atoms with Gasteiger partial charge in [0.15, 0.2) is 0 Å². The number of hydrogen-bond donors (Lipinski definition) is 1. The second kappa shape index (κ2) is 7.40. The molecule has 1 heterocycles. The third-order valence-electron chi connectivity index (χ3n) is 3.32. The van der Waals surface area contributed by atoms with E-state index in [2.05, 4.69) is 15.0 Å². The van der Waals surface area contributed by atoms with E-state index in [1.807, 2.05) is 43.3 Å². The number of pyridine rings is 1. The quantitative estimate of drug-likeness (QED) is 0.853. The maximum atomic E-state index is 12.0. The third-order valence-corrected chi connectivity index (χ3v) is 3.32. The summed E-state index contributed by atoms with van der Waals surface area (Å²) in [6.45, 7) is 0.410. The number of benzene rings is 1. The van der Waals surface area contributed by atoms with E-state index in [0.29, 0.717) is 12.1 Å². The molecule has 6 heteroatoms. The largest absolute Gasteiger partial charge is 0.465 e. The molecule has 0 bridgehead atoms. The topological polar surface area (TPSA) is 71.5 Å². The smallest absolute Gasteiger partial charge is 0.339 e. The van der Waals surface area contributed by atoms with Gasteiger partial charge in [0, 0.05) is 32.5 Å². The summed E-state index contributed by atoms with van der Waals surface area (Å²) in [5, 5.41) is 2.80. The van der Waals surface area contributed by atoms with Crippen LogP contribution >= 0.6 is 0 Å². The number of esters is 1. The fourth-order valence-electron chi connectivity index (χ4n) is 1.95. The number of nitrogens with one attached hydrogen (secondary N) is 1. The zero-order valence-electron chi connectivity index (χ0n) is 13.4. The molecule has 0 radical (unpaired) electrons. The molecule has 0 spiro atoms. The van der Waals surface area contributed by atoms with Gasteiger partial charge >= 0.3 is 5.97 Å². The molecular formula is C17H19N3O3. The molecule has 1 aromatic heterocycles. The number of rotatable bonds is 5. The van der Waals surface area contributed by atoms with Gasteiger partial charge in [-0.05, 0) is 29.8 Å². The van der Waals surface area contributed by atoms with Gasteiger partial charge in [0.1, 0.15) is 5.69 Å². The number of carbonyl (C=O) groups excluding carboxylic acids is 2. The Balaban J connectivity index is 1.95. The molecule has 1 aromatic carbocycles. The van der Waals surface area contributed by atoms with E-state index < -0.39 is 5.97 Å². The van der Waals surface area contributed by atoms with Gasteiger partial charge in [-0.3, -0.25) is 9.78 Å². The first kappa shape index (κ1) is 16.5. The molecule has 0 saturated carbocycles. The molecule has 1 N–H and O–H groups in total. The van der Waals surface area contributed by atoms with Gasteiger partial charge in [0.05, 0.1) is 12.7 Å². The van der Waals surface area contributed by atoms with Gasteiger partial charge in [0.25, 0.3) is 5.91 Å². The monoisotopic (exact) mass is 313 g/mol. The highest BCUT2D eigenvalue weighted by Crippen LogP contribution is 2.12. The zero-order valence-corrected chi connectivity index (χ0v) is 13.4. The Labute approximate surface area is 135 Å². The Morgan fingerprint density at radius 2 is 1.83 bits per heavy atom. The number of anilines is 1. The molecule has 1 amide bonds. The Hall–Kier alpha value is -2.89. The van der Waals surface area contributed by atoms with E-state index in [0.717, 1.165) is 11.3 Å². The van der Waals surface area contributed by atoms with Crippen molar-refractivity contribution in [2.45, 2.75) is 6.54 Å². The lowest BCUT2D eigenvalue weighted by molar-refractivity contribution is 0.0599. The number of hydrogen-bond acceptors (Lipinski definition) is 5. The minimum absolute atomic E-state index is 0.252. The molecule has 0 aliphatic rings. The van der Waals surface area contributed by atoms with E-state index in [1.54, 1.807) is 0 Å². The molecule has 23 heavy (non-hydrogen) atoms. The molecule has 2 rings (SSSR count). The molecular weight excluding hydrogens is 294 g/mol. The van der Waals surface area contributed by atoms with Gasteiger partial charge in [-0.2, -0.15) is 0 Å². The Morgan fingerprint density at radius 1 is 1.13 bits per heavy atom. The van der Waals surface area contributed by atoms with Crippen LogP contribution in [-0.4, -0.2) is 38.1 Å². The van der Waals surface area contributed by atoms with Crippen LogP contribution in [0.1, 0.15) is 26.4 Å². The van der Waals surface area contributed by atoms with Gasteiger partial charge in [-0.1, -0.05) is 12.1 Å². The Bertz CT molecular complexity index is 679. The second-order valence-electron chi connectivity index (χ2n) is 5.17. The summed E-state index contributed by atoms with van der Waals surface area (Å²) in [6, 6.07) is 10.9. The van der Waals surface area contributed by atoms with E-state index >= 15 is 0 Å². The molecule has 120 valence electrons. The molecule has 2 aromatic rings. The van der Waals surface area contributed by atoms with Crippen molar-refractivity contribution in [3.05, 3.63) is 59.4 Å².